The van der Waals surface area contributed by atoms with E-state index in [1.807, 2.05) is 60.7 Å². The molecule has 14 heteroatoms. The Morgan fingerprint density at radius 3 is 2.23 bits per heavy atom. The molecular weight excluding hydrogens is 740 g/mol. The zero-order valence-corrected chi connectivity index (χ0v) is 32.5. The van der Waals surface area contributed by atoms with Gasteiger partial charge in [-0.15, -0.1) is 0 Å². The van der Waals surface area contributed by atoms with Crippen molar-refractivity contribution in [2.45, 2.75) is 94.2 Å². The molecule has 0 aromatic heterocycles. The van der Waals surface area contributed by atoms with Crippen molar-refractivity contribution >= 4 is 11.9 Å². The lowest BCUT2D eigenvalue weighted by atomic mass is 9.45. The summed E-state index contributed by atoms with van der Waals surface area (Å²) in [6.07, 6.45) is -3.62. The van der Waals surface area contributed by atoms with Crippen molar-refractivity contribution in [2.75, 3.05) is 41.2 Å². The zero-order chi connectivity index (χ0) is 40.0. The quantitative estimate of drug-likeness (QED) is 0.252. The van der Waals surface area contributed by atoms with E-state index in [2.05, 4.69) is 11.8 Å². The predicted molar refractivity (Wildman–Crippen MR) is 197 cm³/mol. The fraction of sp³-hybridized carbons (Fsp3) is 0.581. The van der Waals surface area contributed by atoms with Crippen molar-refractivity contribution in [3.8, 4) is 11.8 Å². The van der Waals surface area contributed by atoms with Crippen molar-refractivity contribution in [1.82, 2.24) is 0 Å². The third-order valence-electron chi connectivity index (χ3n) is 13.0. The van der Waals surface area contributed by atoms with E-state index in [9.17, 15) is 19.8 Å². The van der Waals surface area contributed by atoms with Crippen LogP contribution < -0.4 is 0 Å². The lowest BCUT2D eigenvalue weighted by Gasteiger charge is -2.58. The second kappa shape index (κ2) is 15.7. The van der Waals surface area contributed by atoms with Gasteiger partial charge >= 0.3 is 11.9 Å². The molecule has 6 aliphatic rings. The van der Waals surface area contributed by atoms with Crippen LogP contribution in [0.2, 0.25) is 0 Å². The van der Waals surface area contributed by atoms with E-state index in [0.29, 0.717) is 37.2 Å². The van der Waals surface area contributed by atoms with Gasteiger partial charge in [0.05, 0.1) is 58.8 Å². The highest BCUT2D eigenvalue weighted by atomic mass is 16.8. The van der Waals surface area contributed by atoms with Crippen LogP contribution in [0.4, 0.5) is 0 Å². The first-order chi connectivity index (χ1) is 27.6. The molecule has 1 unspecified atom stereocenters. The van der Waals surface area contributed by atoms with Gasteiger partial charge in [0.25, 0.3) is 5.79 Å². The summed E-state index contributed by atoms with van der Waals surface area (Å²) in [7, 11) is 4.07. The van der Waals surface area contributed by atoms with E-state index in [1.165, 1.54) is 14.2 Å². The molecule has 4 aliphatic heterocycles. The zero-order valence-electron chi connectivity index (χ0n) is 32.5. The van der Waals surface area contributed by atoms with Crippen LogP contribution in [0, 0.1) is 34.5 Å². The van der Waals surface area contributed by atoms with E-state index < -0.39 is 83.0 Å². The Morgan fingerprint density at radius 2 is 1.56 bits per heavy atom. The molecule has 306 valence electrons. The topological polar surface area (TPSA) is 167 Å². The minimum absolute atomic E-state index is 0.0290. The molecule has 4 saturated heterocycles. The molecule has 5 fully saturated rings. The Hall–Kier alpha value is -3.88. The number of hydrogen-bond donors (Lipinski definition) is 2. The smallest absolute Gasteiger partial charge is 0.367 e. The first kappa shape index (κ1) is 39.9. The maximum atomic E-state index is 14.0. The standard InChI is InChI=1S/C43H50O14/c1-26-33(51-19-11-16-29-17-18-40(21-32(48-2)57-39(40)56-29)53-22-27-12-7-5-8-13-27)34-36-41(30(44)20-31(45)42(36,24-52-34)37(46)49-3)25-55-43(35(26)41,38(47)50-4)54-23-28-14-9-6-10-15-28/h5-10,12-15,29-32,34-36,39,44-45H,17-25H2,1-4H3/t29-,30+,31-,32?,34+,35+,36-,39-,40-,41-,42+,43-/m1/s1. The van der Waals surface area contributed by atoms with Crippen LogP contribution in [0.15, 0.2) is 72.0 Å². The van der Waals surface area contributed by atoms with Gasteiger partial charge in [0.1, 0.15) is 35.6 Å². The number of methoxy groups -OCH3 is 3. The van der Waals surface area contributed by atoms with Crippen molar-refractivity contribution in [1.29, 1.82) is 0 Å². The van der Waals surface area contributed by atoms with Crippen LogP contribution in [0.3, 0.4) is 0 Å². The highest BCUT2D eigenvalue weighted by Crippen LogP contribution is 2.70. The Morgan fingerprint density at radius 1 is 0.877 bits per heavy atom. The van der Waals surface area contributed by atoms with E-state index in [0.717, 1.165) is 11.1 Å². The molecule has 1 spiro atoms. The number of esters is 2. The number of ether oxygens (including phenoxy) is 10. The number of carbonyl (C=O) groups excluding carboxylic acids is 2. The maximum Gasteiger partial charge on any atom is 0.367 e. The van der Waals surface area contributed by atoms with Gasteiger partial charge in [0.2, 0.25) is 0 Å². The molecule has 14 nitrogen and oxygen atoms in total. The highest BCUT2D eigenvalue weighted by Gasteiger charge is 2.81. The lowest BCUT2D eigenvalue weighted by Crippen LogP contribution is -2.69. The van der Waals surface area contributed by atoms with Gasteiger partial charge in [-0.3, -0.25) is 4.79 Å². The molecule has 0 bridgehead atoms. The molecule has 2 aromatic rings. The summed E-state index contributed by atoms with van der Waals surface area (Å²) >= 11 is 0. The van der Waals surface area contributed by atoms with Crippen molar-refractivity contribution in [3.05, 3.63) is 83.1 Å². The average Bonchev–Trinajstić information content (AvgIpc) is 3.94. The number of benzene rings is 2. The summed E-state index contributed by atoms with van der Waals surface area (Å²) in [5, 5.41) is 23.6. The number of rotatable bonds is 11. The highest BCUT2D eigenvalue weighted by molar-refractivity contribution is 5.82. The van der Waals surface area contributed by atoms with Crippen molar-refractivity contribution in [3.63, 3.8) is 0 Å². The SMILES string of the molecule is COC(=O)[C@]1(OCc2ccccc2)OC[C@]23[C@@H]1C(C)=C(OCC#C[C@@H]1CC[C@@]4(OCc5ccccc5)CC(OC)O[C@H]4O1)[C@@H]1OC[C@](C(=O)OC)([C@H](O)C[C@@H]2O)[C@H]13. The molecule has 0 amide bonds. The van der Waals surface area contributed by atoms with E-state index in [-0.39, 0.29) is 32.8 Å². The van der Waals surface area contributed by atoms with Crippen LogP contribution in [0.1, 0.15) is 43.7 Å². The first-order valence-electron chi connectivity index (χ1n) is 19.4. The van der Waals surface area contributed by atoms with Gasteiger partial charge in [0.15, 0.2) is 12.6 Å². The molecule has 1 saturated carbocycles. The molecule has 57 heavy (non-hydrogen) atoms. The van der Waals surface area contributed by atoms with Gasteiger partial charge in [-0.2, -0.15) is 0 Å². The normalized spacial score (nSPS) is 39.0. The van der Waals surface area contributed by atoms with Crippen LogP contribution in [-0.2, 0) is 70.2 Å². The second-order valence-electron chi connectivity index (χ2n) is 15.8. The summed E-state index contributed by atoms with van der Waals surface area (Å²) in [6.45, 7) is 1.61. The fourth-order valence-electron chi connectivity index (χ4n) is 10.3. The molecular formula is C43H50O14. The summed E-state index contributed by atoms with van der Waals surface area (Å²) in [4.78, 5) is 27.8. The van der Waals surface area contributed by atoms with Crippen LogP contribution in [0.25, 0.3) is 0 Å². The number of aliphatic hydroxyl groups is 2. The first-order valence-corrected chi connectivity index (χ1v) is 19.4. The monoisotopic (exact) mass is 790 g/mol. The van der Waals surface area contributed by atoms with Crippen LogP contribution in [-0.4, -0.2) is 112 Å². The van der Waals surface area contributed by atoms with E-state index >= 15 is 0 Å². The third kappa shape index (κ3) is 6.39. The number of aliphatic hydroxyl groups excluding tert-OH is 2. The predicted octanol–water partition coefficient (Wildman–Crippen LogP) is 3.17. The molecule has 8 rings (SSSR count). The number of carbonyl (C=O) groups is 2. The third-order valence-corrected chi connectivity index (χ3v) is 13.0. The van der Waals surface area contributed by atoms with Gasteiger partial charge in [0, 0.05) is 31.3 Å². The Bertz CT molecular complexity index is 1890. The molecule has 0 radical (unpaired) electrons. The van der Waals surface area contributed by atoms with Gasteiger partial charge in [-0.1, -0.05) is 72.5 Å². The number of fused-ring (bicyclic) bond motifs is 1. The molecule has 4 heterocycles. The Kier molecular flexibility index (Phi) is 11.0. The minimum Gasteiger partial charge on any atom is -0.483 e. The minimum atomic E-state index is -2.06. The van der Waals surface area contributed by atoms with Gasteiger partial charge in [-0.05, 0) is 36.5 Å². The summed E-state index contributed by atoms with van der Waals surface area (Å²) in [6, 6.07) is 19.2. The molecule has 2 N–H and O–H groups in total. The fourth-order valence-corrected chi connectivity index (χ4v) is 10.3. The van der Waals surface area contributed by atoms with Crippen molar-refractivity contribution < 1.29 is 67.2 Å². The summed E-state index contributed by atoms with van der Waals surface area (Å²) in [5.74, 6) is 1.01. The molecule has 2 aliphatic carbocycles. The van der Waals surface area contributed by atoms with Gasteiger partial charge < -0.3 is 57.6 Å². The van der Waals surface area contributed by atoms with E-state index in [1.54, 1.807) is 14.0 Å². The Balaban J connectivity index is 1.09. The Labute approximate surface area is 331 Å². The van der Waals surface area contributed by atoms with Gasteiger partial charge in [-0.25, -0.2) is 4.79 Å². The van der Waals surface area contributed by atoms with Crippen molar-refractivity contribution in [2.24, 2.45) is 22.7 Å². The summed E-state index contributed by atoms with van der Waals surface area (Å²) < 4.78 is 60.8. The van der Waals surface area contributed by atoms with Crippen LogP contribution >= 0.6 is 0 Å². The molecule has 12 atom stereocenters. The average molecular weight is 791 g/mol. The second-order valence-corrected chi connectivity index (χ2v) is 15.8. The largest absolute Gasteiger partial charge is 0.483 e. The molecule has 2 aromatic carbocycles. The summed E-state index contributed by atoms with van der Waals surface area (Å²) in [5.41, 5.74) is -1.34. The van der Waals surface area contributed by atoms with Crippen LogP contribution in [0.5, 0.6) is 0 Å². The number of hydrogen-bond acceptors (Lipinski definition) is 14. The van der Waals surface area contributed by atoms with E-state index in [4.69, 9.17) is 47.4 Å². The lowest BCUT2D eigenvalue weighted by molar-refractivity contribution is -0.269. The maximum absolute atomic E-state index is 14.0.